The third kappa shape index (κ3) is 2.98. The molecule has 2 aliphatic rings. The number of carbonyl (C=O) groups is 1. The number of nitrogens with one attached hydrogen (secondary N) is 1. The molecule has 0 aromatic carbocycles. The van der Waals surface area contributed by atoms with Crippen LogP contribution < -0.4 is 5.32 Å². The van der Waals surface area contributed by atoms with Gasteiger partial charge in [-0.05, 0) is 25.7 Å². The summed E-state index contributed by atoms with van der Waals surface area (Å²) in [5, 5.41) is 12.7. The number of hydrogen-bond acceptors (Lipinski definition) is 3. The predicted octanol–water partition coefficient (Wildman–Crippen LogP) is 1.28. The second-order valence-electron chi connectivity index (χ2n) is 5.22. The van der Waals surface area contributed by atoms with E-state index in [0.29, 0.717) is 12.1 Å². The summed E-state index contributed by atoms with van der Waals surface area (Å²) in [6.45, 7) is 3.35. The molecule has 1 N–H and O–H groups in total. The molecule has 2 unspecified atom stereocenters. The molecule has 0 aromatic rings. The molecular weight excluding hydrogens is 214 g/mol. The van der Waals surface area contributed by atoms with Gasteiger partial charge in [-0.15, -0.1) is 0 Å². The fourth-order valence-corrected chi connectivity index (χ4v) is 2.98. The highest BCUT2D eigenvalue weighted by Crippen LogP contribution is 2.26. The molecular formula is C13H21N3O. The van der Waals surface area contributed by atoms with Crippen molar-refractivity contribution in [1.29, 1.82) is 5.26 Å². The maximum atomic E-state index is 11.2. The van der Waals surface area contributed by atoms with Crippen LogP contribution in [-0.4, -0.2) is 36.0 Å². The lowest BCUT2D eigenvalue weighted by Gasteiger charge is -2.33. The van der Waals surface area contributed by atoms with Crippen molar-refractivity contribution < 1.29 is 4.79 Å². The van der Waals surface area contributed by atoms with Crippen molar-refractivity contribution in [2.75, 3.05) is 13.1 Å². The quantitative estimate of drug-likeness (QED) is 0.784. The molecule has 0 bridgehead atoms. The number of likely N-dealkylation sites (tertiary alicyclic amines) is 1. The second-order valence-corrected chi connectivity index (χ2v) is 5.22. The van der Waals surface area contributed by atoms with Crippen LogP contribution in [0.5, 0.6) is 0 Å². The lowest BCUT2D eigenvalue weighted by atomic mass is 10.00. The SMILES string of the molecule is CC(=O)N1CCC(NC2CCCC2C#N)CC1. The summed E-state index contributed by atoms with van der Waals surface area (Å²) in [5.74, 6) is 0.375. The van der Waals surface area contributed by atoms with E-state index >= 15 is 0 Å². The highest BCUT2D eigenvalue weighted by atomic mass is 16.2. The largest absolute Gasteiger partial charge is 0.343 e. The molecule has 4 nitrogen and oxygen atoms in total. The predicted molar refractivity (Wildman–Crippen MR) is 65.2 cm³/mol. The molecule has 1 aliphatic carbocycles. The van der Waals surface area contributed by atoms with Gasteiger partial charge in [0.25, 0.3) is 0 Å². The Labute approximate surface area is 103 Å². The number of hydrogen-bond donors (Lipinski definition) is 1. The Morgan fingerprint density at radius 1 is 1.29 bits per heavy atom. The van der Waals surface area contributed by atoms with Crippen molar-refractivity contribution in [1.82, 2.24) is 10.2 Å². The van der Waals surface area contributed by atoms with Gasteiger partial charge in [-0.25, -0.2) is 0 Å². The maximum Gasteiger partial charge on any atom is 0.219 e. The molecule has 2 fully saturated rings. The first kappa shape index (κ1) is 12.4. The average molecular weight is 235 g/mol. The molecule has 0 radical (unpaired) electrons. The van der Waals surface area contributed by atoms with Crippen molar-refractivity contribution in [2.45, 2.75) is 51.1 Å². The second kappa shape index (κ2) is 5.50. The molecule has 1 aliphatic heterocycles. The minimum absolute atomic E-state index is 0.180. The third-order valence-electron chi connectivity index (χ3n) is 4.07. The van der Waals surface area contributed by atoms with Gasteiger partial charge in [0.05, 0.1) is 12.0 Å². The monoisotopic (exact) mass is 235 g/mol. The standard InChI is InChI=1S/C13H21N3O/c1-10(17)16-7-5-12(6-8-16)15-13-4-2-3-11(13)9-14/h11-13,15H,2-8H2,1H3. The molecule has 1 saturated heterocycles. The molecule has 2 atom stereocenters. The van der Waals surface area contributed by atoms with Crippen molar-refractivity contribution in [2.24, 2.45) is 5.92 Å². The molecule has 0 aromatic heterocycles. The summed E-state index contributed by atoms with van der Waals surface area (Å²) >= 11 is 0. The Morgan fingerprint density at radius 3 is 2.59 bits per heavy atom. The zero-order valence-corrected chi connectivity index (χ0v) is 10.5. The Morgan fingerprint density at radius 2 is 2.00 bits per heavy atom. The summed E-state index contributed by atoms with van der Waals surface area (Å²) < 4.78 is 0. The molecule has 1 heterocycles. The summed E-state index contributed by atoms with van der Waals surface area (Å²) in [5.41, 5.74) is 0. The molecule has 17 heavy (non-hydrogen) atoms. The fraction of sp³-hybridized carbons (Fsp3) is 0.846. The molecule has 4 heteroatoms. The van der Waals surface area contributed by atoms with Crippen LogP contribution >= 0.6 is 0 Å². The summed E-state index contributed by atoms with van der Waals surface area (Å²) in [6, 6.07) is 3.28. The number of amides is 1. The van der Waals surface area contributed by atoms with Crippen molar-refractivity contribution >= 4 is 5.91 Å². The van der Waals surface area contributed by atoms with Crippen molar-refractivity contribution in [3.8, 4) is 6.07 Å². The number of carbonyl (C=O) groups excluding carboxylic acids is 1. The van der Waals surface area contributed by atoms with Crippen LogP contribution in [0.2, 0.25) is 0 Å². The van der Waals surface area contributed by atoms with Gasteiger partial charge in [-0.2, -0.15) is 5.26 Å². The topological polar surface area (TPSA) is 56.1 Å². The van der Waals surface area contributed by atoms with Gasteiger partial charge in [0.2, 0.25) is 5.91 Å². The van der Waals surface area contributed by atoms with Crippen LogP contribution in [0, 0.1) is 17.2 Å². The van der Waals surface area contributed by atoms with Gasteiger partial charge in [0, 0.05) is 32.1 Å². The highest BCUT2D eigenvalue weighted by molar-refractivity contribution is 5.73. The van der Waals surface area contributed by atoms with Gasteiger partial charge < -0.3 is 10.2 Å². The van der Waals surface area contributed by atoms with E-state index in [4.69, 9.17) is 5.26 Å². The summed E-state index contributed by atoms with van der Waals surface area (Å²) in [6.07, 6.45) is 5.39. The summed E-state index contributed by atoms with van der Waals surface area (Å²) in [7, 11) is 0. The zero-order valence-electron chi connectivity index (χ0n) is 10.5. The number of rotatable bonds is 2. The van der Waals surface area contributed by atoms with Crippen LogP contribution in [0.1, 0.15) is 39.0 Å². The van der Waals surface area contributed by atoms with Gasteiger partial charge in [0.15, 0.2) is 0 Å². The lowest BCUT2D eigenvalue weighted by Crippen LogP contribution is -2.48. The van der Waals surface area contributed by atoms with Crippen LogP contribution in [0.25, 0.3) is 0 Å². The Balaban J connectivity index is 1.78. The van der Waals surface area contributed by atoms with Crippen molar-refractivity contribution in [3.63, 3.8) is 0 Å². The number of nitriles is 1. The minimum atomic E-state index is 0.180. The maximum absolute atomic E-state index is 11.2. The molecule has 1 saturated carbocycles. The minimum Gasteiger partial charge on any atom is -0.343 e. The van der Waals surface area contributed by atoms with E-state index in [1.807, 2.05) is 4.90 Å². The first-order valence-corrected chi connectivity index (χ1v) is 6.62. The van der Waals surface area contributed by atoms with Crippen molar-refractivity contribution in [3.05, 3.63) is 0 Å². The first-order chi connectivity index (χ1) is 8.20. The Hall–Kier alpha value is -1.08. The first-order valence-electron chi connectivity index (χ1n) is 6.62. The van der Waals surface area contributed by atoms with Gasteiger partial charge in [-0.3, -0.25) is 4.79 Å². The fourth-order valence-electron chi connectivity index (χ4n) is 2.98. The van der Waals surface area contributed by atoms with E-state index in [1.54, 1.807) is 6.92 Å². The van der Waals surface area contributed by atoms with E-state index in [-0.39, 0.29) is 11.8 Å². The van der Waals surface area contributed by atoms with Gasteiger partial charge in [-0.1, -0.05) is 6.42 Å². The third-order valence-corrected chi connectivity index (χ3v) is 4.07. The average Bonchev–Trinajstić information content (AvgIpc) is 2.77. The normalized spacial score (nSPS) is 30.2. The highest BCUT2D eigenvalue weighted by Gasteiger charge is 2.30. The van der Waals surface area contributed by atoms with E-state index in [1.165, 1.54) is 6.42 Å². The van der Waals surface area contributed by atoms with Crippen LogP contribution in [0.3, 0.4) is 0 Å². The number of piperidine rings is 1. The molecule has 94 valence electrons. The summed E-state index contributed by atoms with van der Waals surface area (Å²) in [4.78, 5) is 13.1. The van der Waals surface area contributed by atoms with E-state index < -0.39 is 0 Å². The zero-order chi connectivity index (χ0) is 12.3. The van der Waals surface area contributed by atoms with Gasteiger partial charge >= 0.3 is 0 Å². The smallest absolute Gasteiger partial charge is 0.219 e. The Kier molecular flexibility index (Phi) is 4.01. The van der Waals surface area contributed by atoms with Crippen LogP contribution in [0.15, 0.2) is 0 Å². The van der Waals surface area contributed by atoms with Crippen LogP contribution in [-0.2, 0) is 4.79 Å². The van der Waals surface area contributed by atoms with E-state index in [0.717, 1.165) is 38.8 Å². The molecule has 1 amide bonds. The molecule has 0 spiro atoms. The van der Waals surface area contributed by atoms with Crippen LogP contribution in [0.4, 0.5) is 0 Å². The van der Waals surface area contributed by atoms with Gasteiger partial charge in [0.1, 0.15) is 0 Å². The molecule has 2 rings (SSSR count). The lowest BCUT2D eigenvalue weighted by molar-refractivity contribution is -0.129. The Bertz CT molecular complexity index is 315. The van der Waals surface area contributed by atoms with E-state index in [2.05, 4.69) is 11.4 Å². The number of nitrogens with zero attached hydrogens (tertiary/aromatic N) is 2. The van der Waals surface area contributed by atoms with E-state index in [9.17, 15) is 4.79 Å².